The minimum Gasteiger partial charge on any atom is -0.396 e. The molecule has 4 atom stereocenters. The molecule has 2 heterocycles. The topological polar surface area (TPSA) is 82.0 Å². The Labute approximate surface area is 109 Å². The zero-order valence-electron chi connectivity index (χ0n) is 10.5. The van der Waals surface area contributed by atoms with Gasteiger partial charge in [-0.05, 0) is 13.3 Å². The number of rotatable bonds is 2. The molecule has 2 aromatic heterocycles. The summed E-state index contributed by atoms with van der Waals surface area (Å²) < 4.78 is 14.2. The number of aromatic nitrogens is 3. The van der Waals surface area contributed by atoms with Crippen LogP contribution >= 0.6 is 0 Å². The number of aromatic amines is 1. The van der Waals surface area contributed by atoms with Crippen LogP contribution < -0.4 is 0 Å². The third-order valence-electron chi connectivity index (χ3n) is 4.07. The van der Waals surface area contributed by atoms with Crippen molar-refractivity contribution < 1.29 is 14.6 Å². The molecule has 0 bridgehead atoms. The molecule has 1 aliphatic carbocycles. The largest absolute Gasteiger partial charge is 0.396 e. The van der Waals surface area contributed by atoms with E-state index in [-0.39, 0.29) is 6.61 Å². The van der Waals surface area contributed by atoms with E-state index in [1.165, 1.54) is 6.33 Å². The first-order valence-corrected chi connectivity index (χ1v) is 6.35. The molecule has 0 spiro atoms. The van der Waals surface area contributed by atoms with Crippen molar-refractivity contribution in [2.75, 3.05) is 6.61 Å². The molecule has 0 saturated heterocycles. The van der Waals surface area contributed by atoms with Crippen LogP contribution in [0, 0.1) is 12.8 Å². The quantitative estimate of drug-likeness (QED) is 0.758. The first-order valence-electron chi connectivity index (χ1n) is 6.35. The number of halogens is 1. The highest BCUT2D eigenvalue weighted by Crippen LogP contribution is 2.42. The molecule has 3 rings (SSSR count). The summed E-state index contributed by atoms with van der Waals surface area (Å²) in [5.41, 5.74) is 3.06. The summed E-state index contributed by atoms with van der Waals surface area (Å²) in [6, 6.07) is 0. The first kappa shape index (κ1) is 12.5. The van der Waals surface area contributed by atoms with Crippen LogP contribution in [0.15, 0.2) is 12.5 Å². The van der Waals surface area contributed by atoms with Crippen LogP contribution in [0.1, 0.15) is 23.6 Å². The minimum absolute atomic E-state index is 0.200. The predicted octanol–water partition coefficient (Wildman–Crippen LogP) is 1.06. The van der Waals surface area contributed by atoms with Crippen LogP contribution in [-0.2, 0) is 0 Å². The number of alkyl halides is 1. The van der Waals surface area contributed by atoms with Gasteiger partial charge in [0.25, 0.3) is 0 Å². The molecule has 0 aliphatic heterocycles. The zero-order valence-corrected chi connectivity index (χ0v) is 10.5. The van der Waals surface area contributed by atoms with Crippen molar-refractivity contribution in [2.24, 2.45) is 5.92 Å². The SMILES string of the molecule is Cc1ncnc2c([C@@H]3C[C@H](CO)[C@@H](O)[C@@H]3F)c[nH]c12. The Kier molecular flexibility index (Phi) is 2.99. The molecule has 0 unspecified atom stereocenters. The van der Waals surface area contributed by atoms with Crippen LogP contribution in [0.2, 0.25) is 0 Å². The van der Waals surface area contributed by atoms with E-state index in [9.17, 15) is 9.50 Å². The molecule has 0 amide bonds. The van der Waals surface area contributed by atoms with E-state index in [2.05, 4.69) is 15.0 Å². The Morgan fingerprint density at radius 3 is 2.95 bits per heavy atom. The maximum atomic E-state index is 14.2. The van der Waals surface area contributed by atoms with E-state index in [0.717, 1.165) is 16.8 Å². The second kappa shape index (κ2) is 4.54. The lowest BCUT2D eigenvalue weighted by atomic mass is 9.97. The Bertz CT molecular complexity index is 601. The molecule has 1 aliphatic rings. The van der Waals surface area contributed by atoms with Gasteiger partial charge in [0.05, 0.1) is 22.8 Å². The normalized spacial score (nSPS) is 31.2. The monoisotopic (exact) mass is 265 g/mol. The molecule has 6 heteroatoms. The summed E-state index contributed by atoms with van der Waals surface area (Å²) in [4.78, 5) is 11.4. The predicted molar refractivity (Wildman–Crippen MR) is 67.5 cm³/mol. The van der Waals surface area contributed by atoms with Gasteiger partial charge in [0.1, 0.15) is 12.5 Å². The van der Waals surface area contributed by atoms with Crippen molar-refractivity contribution in [2.45, 2.75) is 31.5 Å². The average molecular weight is 265 g/mol. The van der Waals surface area contributed by atoms with E-state index in [1.54, 1.807) is 6.20 Å². The van der Waals surface area contributed by atoms with E-state index in [1.807, 2.05) is 6.92 Å². The Morgan fingerprint density at radius 2 is 2.26 bits per heavy atom. The lowest BCUT2D eigenvalue weighted by Crippen LogP contribution is -2.25. The van der Waals surface area contributed by atoms with Gasteiger partial charge >= 0.3 is 0 Å². The number of hydrogen-bond acceptors (Lipinski definition) is 4. The van der Waals surface area contributed by atoms with E-state index >= 15 is 0 Å². The molecule has 19 heavy (non-hydrogen) atoms. The van der Waals surface area contributed by atoms with Crippen LogP contribution in [0.25, 0.3) is 11.0 Å². The van der Waals surface area contributed by atoms with Crippen LogP contribution in [0.5, 0.6) is 0 Å². The van der Waals surface area contributed by atoms with Crippen LogP contribution in [0.3, 0.4) is 0 Å². The van der Waals surface area contributed by atoms with Gasteiger partial charge < -0.3 is 15.2 Å². The molecule has 2 aromatic rings. The number of aliphatic hydroxyl groups is 2. The summed E-state index contributed by atoms with van der Waals surface area (Å²) >= 11 is 0. The number of hydrogen-bond donors (Lipinski definition) is 3. The lowest BCUT2D eigenvalue weighted by Gasteiger charge is -2.13. The van der Waals surface area contributed by atoms with Gasteiger partial charge in [0, 0.05) is 30.2 Å². The lowest BCUT2D eigenvalue weighted by molar-refractivity contribution is 0.0434. The molecule has 102 valence electrons. The summed E-state index contributed by atoms with van der Waals surface area (Å²) in [6.07, 6.45) is 1.14. The van der Waals surface area contributed by atoms with Crippen molar-refractivity contribution in [1.29, 1.82) is 0 Å². The number of fused-ring (bicyclic) bond motifs is 1. The molecular weight excluding hydrogens is 249 g/mol. The van der Waals surface area contributed by atoms with Crippen LogP contribution in [0.4, 0.5) is 4.39 Å². The molecule has 0 aromatic carbocycles. The molecular formula is C13H16FN3O2. The number of aliphatic hydroxyl groups excluding tert-OH is 2. The highest BCUT2D eigenvalue weighted by atomic mass is 19.1. The molecule has 5 nitrogen and oxygen atoms in total. The van der Waals surface area contributed by atoms with E-state index in [4.69, 9.17) is 5.11 Å². The Morgan fingerprint density at radius 1 is 1.47 bits per heavy atom. The van der Waals surface area contributed by atoms with Crippen LogP contribution in [-0.4, -0.2) is 44.0 Å². The summed E-state index contributed by atoms with van der Waals surface area (Å²) in [5.74, 6) is -0.844. The van der Waals surface area contributed by atoms with Gasteiger partial charge in [-0.25, -0.2) is 14.4 Å². The molecule has 3 N–H and O–H groups in total. The van der Waals surface area contributed by atoms with Crippen molar-refractivity contribution in [1.82, 2.24) is 15.0 Å². The van der Waals surface area contributed by atoms with Gasteiger partial charge in [-0.1, -0.05) is 0 Å². The third-order valence-corrected chi connectivity index (χ3v) is 4.07. The zero-order chi connectivity index (χ0) is 13.6. The van der Waals surface area contributed by atoms with Gasteiger partial charge in [-0.15, -0.1) is 0 Å². The molecule has 1 fully saturated rings. The second-order valence-electron chi connectivity index (χ2n) is 5.15. The van der Waals surface area contributed by atoms with Crippen molar-refractivity contribution in [3.63, 3.8) is 0 Å². The smallest absolute Gasteiger partial charge is 0.133 e. The fourth-order valence-electron chi connectivity index (χ4n) is 2.94. The standard InChI is InChI=1S/C13H16FN3O2/c1-6-11-12(17-5-16-6)9(3-15-11)8-2-7(4-18)13(19)10(8)14/h3,5,7-8,10,13,15,18-19H,2,4H2,1H3/t7-,8+,10-,13-/m1/s1. The third kappa shape index (κ3) is 1.82. The number of aryl methyl sites for hydroxylation is 1. The fourth-order valence-corrected chi connectivity index (χ4v) is 2.94. The molecule has 0 radical (unpaired) electrons. The van der Waals surface area contributed by atoms with E-state index in [0.29, 0.717) is 11.9 Å². The van der Waals surface area contributed by atoms with Gasteiger partial charge in [-0.3, -0.25) is 0 Å². The van der Waals surface area contributed by atoms with Gasteiger partial charge in [-0.2, -0.15) is 0 Å². The maximum Gasteiger partial charge on any atom is 0.133 e. The van der Waals surface area contributed by atoms with Crippen molar-refractivity contribution in [3.8, 4) is 0 Å². The number of nitrogens with zero attached hydrogens (tertiary/aromatic N) is 2. The Balaban J connectivity index is 2.04. The van der Waals surface area contributed by atoms with E-state index < -0.39 is 24.1 Å². The average Bonchev–Trinajstić information content (AvgIpc) is 2.94. The number of nitrogens with one attached hydrogen (secondary N) is 1. The summed E-state index contributed by atoms with van der Waals surface area (Å²) in [6.45, 7) is 1.66. The van der Waals surface area contributed by atoms with Crippen molar-refractivity contribution >= 4 is 11.0 Å². The highest BCUT2D eigenvalue weighted by Gasteiger charge is 2.44. The maximum absolute atomic E-state index is 14.2. The number of H-pyrrole nitrogens is 1. The van der Waals surface area contributed by atoms with Gasteiger partial charge in [0.2, 0.25) is 0 Å². The van der Waals surface area contributed by atoms with Crippen molar-refractivity contribution in [3.05, 3.63) is 23.8 Å². The highest BCUT2D eigenvalue weighted by molar-refractivity contribution is 5.81. The Hall–Kier alpha value is -1.53. The minimum atomic E-state index is -1.37. The van der Waals surface area contributed by atoms with Gasteiger partial charge in [0.15, 0.2) is 0 Å². The second-order valence-corrected chi connectivity index (χ2v) is 5.15. The first-order chi connectivity index (χ1) is 9.13. The summed E-state index contributed by atoms with van der Waals surface area (Å²) in [7, 11) is 0. The summed E-state index contributed by atoms with van der Waals surface area (Å²) in [5, 5.41) is 18.9. The fraction of sp³-hybridized carbons (Fsp3) is 0.538. The molecule has 1 saturated carbocycles.